The zero-order valence-corrected chi connectivity index (χ0v) is 18.6. The molecule has 0 bridgehead atoms. The number of aromatic carboxylic acids is 1. The average molecular weight is 485 g/mol. The number of carboxylic acids is 1. The molecule has 3 aromatic rings. The normalized spacial score (nSPS) is 13.7. The van der Waals surface area contributed by atoms with E-state index in [4.69, 9.17) is 16.0 Å². The molecular weight excluding hydrogens is 467 g/mol. The lowest BCUT2D eigenvalue weighted by molar-refractivity contribution is 0.0691. The summed E-state index contributed by atoms with van der Waals surface area (Å²) in [6.45, 7) is 4.94. The molecule has 0 saturated carbocycles. The highest BCUT2D eigenvalue weighted by Gasteiger charge is 2.35. The van der Waals surface area contributed by atoms with Crippen LogP contribution in [0.5, 0.6) is 0 Å². The van der Waals surface area contributed by atoms with Crippen molar-refractivity contribution in [2.45, 2.75) is 37.8 Å². The van der Waals surface area contributed by atoms with E-state index in [-0.39, 0.29) is 16.5 Å². The predicted octanol–water partition coefficient (Wildman–Crippen LogP) is 2.69. The number of rotatable bonds is 7. The molecule has 1 aromatic carbocycles. The molecule has 3 rings (SSSR count). The van der Waals surface area contributed by atoms with E-state index in [1.54, 1.807) is 19.9 Å². The number of nitrogens with one attached hydrogen (secondary N) is 2. The monoisotopic (exact) mass is 484 g/mol. The van der Waals surface area contributed by atoms with E-state index in [2.05, 4.69) is 14.8 Å². The molecule has 0 amide bonds. The standard InChI is InChI=1S/C19H18ClFN4O6S/c1-8-4-5-13(21)14(9(8)2)10(3)15(16-23-24-19(28)31-16)25-32(29,30)17-12(18(26)27)6-11(20)7-22-17/h4-7,10,15,25H,1-3H3,(H,24,28)(H,26,27). The molecule has 10 nitrogen and oxygen atoms in total. The summed E-state index contributed by atoms with van der Waals surface area (Å²) in [6.07, 6.45) is 0.972. The van der Waals surface area contributed by atoms with Crippen molar-refractivity contribution in [1.82, 2.24) is 19.9 Å². The number of sulfonamides is 1. The molecule has 0 aliphatic carbocycles. The number of pyridine rings is 1. The Labute approximate surface area is 186 Å². The Morgan fingerprint density at radius 1 is 1.34 bits per heavy atom. The van der Waals surface area contributed by atoms with Gasteiger partial charge in [-0.3, -0.25) is 0 Å². The Balaban J connectivity index is 2.14. The second-order valence-electron chi connectivity index (χ2n) is 7.05. The van der Waals surface area contributed by atoms with Crippen molar-refractivity contribution in [3.05, 3.63) is 73.9 Å². The van der Waals surface area contributed by atoms with Crippen molar-refractivity contribution in [1.29, 1.82) is 0 Å². The summed E-state index contributed by atoms with van der Waals surface area (Å²) < 4.78 is 48.1. The minimum Gasteiger partial charge on any atom is -0.478 e. The van der Waals surface area contributed by atoms with E-state index in [0.717, 1.165) is 17.8 Å². The summed E-state index contributed by atoms with van der Waals surface area (Å²) in [6, 6.07) is 2.37. The Bertz CT molecular complexity index is 1350. The van der Waals surface area contributed by atoms with Crippen LogP contribution in [0.25, 0.3) is 0 Å². The van der Waals surface area contributed by atoms with E-state index in [1.165, 1.54) is 13.0 Å². The smallest absolute Gasteiger partial charge is 0.434 e. The van der Waals surface area contributed by atoms with E-state index >= 15 is 0 Å². The minimum atomic E-state index is -4.62. The lowest BCUT2D eigenvalue weighted by atomic mass is 9.88. The van der Waals surface area contributed by atoms with Crippen LogP contribution in [-0.2, 0) is 10.0 Å². The summed E-state index contributed by atoms with van der Waals surface area (Å²) in [5, 5.41) is 14.2. The van der Waals surface area contributed by atoms with Crippen LogP contribution in [0.3, 0.4) is 0 Å². The zero-order valence-electron chi connectivity index (χ0n) is 17.0. The lowest BCUT2D eigenvalue weighted by Gasteiger charge is -2.25. The van der Waals surface area contributed by atoms with Gasteiger partial charge in [0.2, 0.25) is 5.89 Å². The number of carboxylic acid groups (broad SMARTS) is 1. The largest absolute Gasteiger partial charge is 0.478 e. The summed E-state index contributed by atoms with van der Waals surface area (Å²) in [5.74, 6) is -4.40. The van der Waals surface area contributed by atoms with Gasteiger partial charge < -0.3 is 9.52 Å². The van der Waals surface area contributed by atoms with Gasteiger partial charge >= 0.3 is 11.7 Å². The molecule has 32 heavy (non-hydrogen) atoms. The fourth-order valence-electron chi connectivity index (χ4n) is 3.29. The Hall–Kier alpha value is -3.09. The van der Waals surface area contributed by atoms with Crippen LogP contribution in [0.4, 0.5) is 4.39 Å². The fourth-order valence-corrected chi connectivity index (χ4v) is 4.82. The molecule has 2 atom stereocenters. The Morgan fingerprint density at radius 2 is 2.03 bits per heavy atom. The number of carbonyl (C=O) groups is 1. The molecule has 170 valence electrons. The van der Waals surface area contributed by atoms with Crippen LogP contribution in [-0.4, -0.2) is 34.7 Å². The van der Waals surface area contributed by atoms with E-state index in [1.807, 2.05) is 5.10 Å². The van der Waals surface area contributed by atoms with Crippen molar-refractivity contribution in [2.75, 3.05) is 0 Å². The van der Waals surface area contributed by atoms with E-state index in [9.17, 15) is 27.5 Å². The van der Waals surface area contributed by atoms with Gasteiger partial charge in [-0.15, -0.1) is 5.10 Å². The van der Waals surface area contributed by atoms with Gasteiger partial charge in [0.1, 0.15) is 11.9 Å². The molecule has 0 aliphatic heterocycles. The predicted molar refractivity (Wildman–Crippen MR) is 111 cm³/mol. The molecule has 0 radical (unpaired) electrons. The quantitative estimate of drug-likeness (QED) is 0.462. The highest BCUT2D eigenvalue weighted by molar-refractivity contribution is 7.89. The number of H-pyrrole nitrogens is 1. The van der Waals surface area contributed by atoms with Crippen LogP contribution in [0.2, 0.25) is 5.02 Å². The molecule has 0 spiro atoms. The number of nitrogens with zero attached hydrogens (tertiary/aromatic N) is 2. The highest BCUT2D eigenvalue weighted by Crippen LogP contribution is 2.35. The average Bonchev–Trinajstić information content (AvgIpc) is 3.15. The summed E-state index contributed by atoms with van der Waals surface area (Å²) >= 11 is 5.75. The molecule has 2 unspecified atom stereocenters. The lowest BCUT2D eigenvalue weighted by Crippen LogP contribution is -2.34. The van der Waals surface area contributed by atoms with Crippen molar-refractivity contribution in [3.63, 3.8) is 0 Å². The molecular formula is C19H18ClFN4O6S. The van der Waals surface area contributed by atoms with Crippen LogP contribution >= 0.6 is 11.6 Å². The first-order valence-corrected chi connectivity index (χ1v) is 11.0. The number of aromatic amines is 1. The maximum absolute atomic E-state index is 14.7. The molecule has 0 aliphatic rings. The first-order valence-electron chi connectivity index (χ1n) is 9.14. The number of hydrogen-bond acceptors (Lipinski definition) is 7. The van der Waals surface area contributed by atoms with Crippen LogP contribution in [0, 0.1) is 19.7 Å². The van der Waals surface area contributed by atoms with Gasteiger partial charge in [0.25, 0.3) is 10.0 Å². The third-order valence-corrected chi connectivity index (χ3v) is 6.60. The zero-order chi connectivity index (χ0) is 23.8. The van der Waals surface area contributed by atoms with Crippen molar-refractivity contribution >= 4 is 27.6 Å². The number of benzene rings is 1. The van der Waals surface area contributed by atoms with Crippen molar-refractivity contribution in [2.24, 2.45) is 0 Å². The third kappa shape index (κ3) is 4.56. The van der Waals surface area contributed by atoms with Gasteiger partial charge in [0.05, 0.1) is 10.6 Å². The SMILES string of the molecule is Cc1ccc(F)c(C(C)C(NS(=O)(=O)c2ncc(Cl)cc2C(=O)O)c2n[nH]c(=O)o2)c1C. The van der Waals surface area contributed by atoms with Gasteiger partial charge in [0.15, 0.2) is 5.03 Å². The van der Waals surface area contributed by atoms with Crippen LogP contribution < -0.4 is 10.5 Å². The number of aromatic nitrogens is 3. The maximum Gasteiger partial charge on any atom is 0.434 e. The Kier molecular flexibility index (Phi) is 6.49. The Morgan fingerprint density at radius 3 is 2.62 bits per heavy atom. The second kappa shape index (κ2) is 8.81. The van der Waals surface area contributed by atoms with Gasteiger partial charge in [0, 0.05) is 12.1 Å². The molecule has 0 fully saturated rings. The second-order valence-corrected chi connectivity index (χ2v) is 9.12. The summed E-state index contributed by atoms with van der Waals surface area (Å²) in [7, 11) is -4.62. The van der Waals surface area contributed by atoms with Gasteiger partial charge in [-0.2, -0.15) is 4.72 Å². The van der Waals surface area contributed by atoms with Gasteiger partial charge in [-0.25, -0.2) is 32.5 Å². The number of aryl methyl sites for hydroxylation is 1. The van der Waals surface area contributed by atoms with E-state index in [0.29, 0.717) is 5.56 Å². The summed E-state index contributed by atoms with van der Waals surface area (Å²) in [4.78, 5) is 26.7. The number of hydrogen-bond donors (Lipinski definition) is 3. The molecule has 0 saturated heterocycles. The topological polar surface area (TPSA) is 155 Å². The third-order valence-electron chi connectivity index (χ3n) is 4.99. The van der Waals surface area contributed by atoms with Gasteiger partial charge in [-0.1, -0.05) is 24.6 Å². The van der Waals surface area contributed by atoms with E-state index < -0.39 is 50.1 Å². The van der Waals surface area contributed by atoms with Crippen LogP contribution in [0.15, 0.2) is 38.6 Å². The molecule has 2 heterocycles. The molecule has 2 aromatic heterocycles. The highest BCUT2D eigenvalue weighted by atomic mass is 35.5. The minimum absolute atomic E-state index is 0.0815. The summed E-state index contributed by atoms with van der Waals surface area (Å²) in [5.41, 5.74) is 0.824. The van der Waals surface area contributed by atoms with Gasteiger partial charge in [-0.05, 0) is 42.7 Å². The molecule has 13 heteroatoms. The fraction of sp³-hybridized carbons (Fsp3) is 0.263. The first-order chi connectivity index (χ1) is 14.9. The molecule has 3 N–H and O–H groups in total. The van der Waals surface area contributed by atoms with Crippen molar-refractivity contribution in [3.8, 4) is 0 Å². The van der Waals surface area contributed by atoms with Crippen molar-refractivity contribution < 1.29 is 27.1 Å². The number of halogens is 2. The van der Waals surface area contributed by atoms with Crippen LogP contribution in [0.1, 0.15) is 51.8 Å². The maximum atomic E-state index is 14.7. The first kappa shape index (κ1) is 23.6.